The molecule has 1 aliphatic heterocycles. The highest BCUT2D eigenvalue weighted by Crippen LogP contribution is 2.24. The second kappa shape index (κ2) is 7.58. The lowest BCUT2D eigenvalue weighted by molar-refractivity contribution is -0.143. The van der Waals surface area contributed by atoms with Gasteiger partial charge in [0.2, 0.25) is 10.0 Å². The fourth-order valence-electron chi connectivity index (χ4n) is 2.87. The van der Waals surface area contributed by atoms with Gasteiger partial charge in [-0.1, -0.05) is 6.92 Å². The average molecular weight is 387 g/mol. The number of likely N-dealkylation sites (tertiary alicyclic amines) is 1. The van der Waals surface area contributed by atoms with Gasteiger partial charge in [0.05, 0.1) is 5.92 Å². The number of hydrogen-bond donors (Lipinski definition) is 2. The Balaban J connectivity index is 2.21. The average Bonchev–Trinajstić information content (AvgIpc) is 2.55. The molecule has 0 saturated carbocycles. The van der Waals surface area contributed by atoms with Crippen molar-refractivity contribution in [1.82, 2.24) is 9.21 Å². The first-order valence-electron chi connectivity index (χ1n) is 8.03. The maximum atomic E-state index is 13.9. The van der Waals surface area contributed by atoms with Crippen molar-refractivity contribution in [3.8, 4) is 0 Å². The monoisotopic (exact) mass is 387 g/mol. The highest BCUT2D eigenvalue weighted by atomic mass is 32.2. The summed E-state index contributed by atoms with van der Waals surface area (Å²) in [5.74, 6) is -2.51. The highest BCUT2D eigenvalue weighted by Gasteiger charge is 2.32. The van der Waals surface area contributed by atoms with Gasteiger partial charge in [-0.15, -0.1) is 0 Å². The molecule has 2 N–H and O–H groups in total. The topological polar surface area (TPSA) is 107 Å². The van der Waals surface area contributed by atoms with Gasteiger partial charge in [-0.3, -0.25) is 4.79 Å². The molecule has 1 aliphatic rings. The van der Waals surface area contributed by atoms with Crippen LogP contribution in [-0.4, -0.2) is 61.9 Å². The third-order valence-corrected chi connectivity index (χ3v) is 6.07. The predicted molar refractivity (Wildman–Crippen MR) is 92.8 cm³/mol. The van der Waals surface area contributed by atoms with Crippen molar-refractivity contribution in [3.05, 3.63) is 24.0 Å². The number of anilines is 1. The minimum Gasteiger partial charge on any atom is -0.481 e. The lowest BCUT2D eigenvalue weighted by Gasteiger charge is -2.34. The number of nitrogens with zero attached hydrogens (tertiary/aromatic N) is 2. The van der Waals surface area contributed by atoms with Gasteiger partial charge in [-0.2, -0.15) is 0 Å². The van der Waals surface area contributed by atoms with Crippen LogP contribution in [0.3, 0.4) is 0 Å². The van der Waals surface area contributed by atoms with E-state index in [1.165, 1.54) is 25.1 Å². The molecule has 26 heavy (non-hydrogen) atoms. The van der Waals surface area contributed by atoms with Gasteiger partial charge in [-0.05, 0) is 30.5 Å². The molecule has 144 valence electrons. The van der Waals surface area contributed by atoms with Crippen molar-refractivity contribution >= 4 is 27.7 Å². The summed E-state index contributed by atoms with van der Waals surface area (Å²) in [4.78, 5) is 24.5. The first kappa shape index (κ1) is 20.1. The summed E-state index contributed by atoms with van der Waals surface area (Å²) in [7, 11) is -1.45. The van der Waals surface area contributed by atoms with Gasteiger partial charge in [0, 0.05) is 32.9 Å². The summed E-state index contributed by atoms with van der Waals surface area (Å²) < 4.78 is 39.1. The first-order chi connectivity index (χ1) is 12.0. The molecule has 2 amide bonds. The number of urea groups is 1. The van der Waals surface area contributed by atoms with Gasteiger partial charge in [0.25, 0.3) is 0 Å². The second-order valence-corrected chi connectivity index (χ2v) is 8.76. The zero-order chi connectivity index (χ0) is 19.6. The summed E-state index contributed by atoms with van der Waals surface area (Å²) in [6.07, 6.45) is 0.487. The van der Waals surface area contributed by atoms with Crippen LogP contribution in [-0.2, 0) is 14.8 Å². The molecular formula is C16H22FN3O5S. The second-order valence-electron chi connectivity index (χ2n) is 6.64. The normalized spacial score (nSPS) is 20.9. The summed E-state index contributed by atoms with van der Waals surface area (Å²) in [5.41, 5.74) is 0.113. The van der Waals surface area contributed by atoms with E-state index in [0.717, 1.165) is 16.4 Å². The number of nitrogens with one attached hydrogen (secondary N) is 1. The first-order valence-corrected chi connectivity index (χ1v) is 9.47. The molecule has 0 radical (unpaired) electrons. The number of carbonyl (C=O) groups is 2. The molecule has 2 rings (SSSR count). The van der Waals surface area contributed by atoms with Gasteiger partial charge in [0.15, 0.2) is 0 Å². The Morgan fingerprint density at radius 3 is 2.54 bits per heavy atom. The van der Waals surface area contributed by atoms with E-state index >= 15 is 0 Å². The number of carboxylic acid groups (broad SMARTS) is 1. The Hall–Kier alpha value is -2.20. The largest absolute Gasteiger partial charge is 0.481 e. The van der Waals surface area contributed by atoms with E-state index in [1.807, 2.05) is 6.92 Å². The number of benzene rings is 1. The van der Waals surface area contributed by atoms with Crippen LogP contribution >= 0.6 is 0 Å². The van der Waals surface area contributed by atoms with Crippen LogP contribution in [0, 0.1) is 17.7 Å². The van der Waals surface area contributed by atoms with Crippen LogP contribution in [0.5, 0.6) is 0 Å². The molecule has 2 atom stereocenters. The van der Waals surface area contributed by atoms with Crippen molar-refractivity contribution < 1.29 is 27.5 Å². The summed E-state index contributed by atoms with van der Waals surface area (Å²) in [6.45, 7) is 2.31. The van der Waals surface area contributed by atoms with Crippen LogP contribution in [0.1, 0.15) is 13.3 Å². The molecule has 0 bridgehead atoms. The molecule has 0 aromatic heterocycles. The molecular weight excluding hydrogens is 365 g/mol. The molecule has 1 fully saturated rings. The number of hydrogen-bond acceptors (Lipinski definition) is 4. The maximum absolute atomic E-state index is 13.9. The molecule has 1 saturated heterocycles. The Morgan fingerprint density at radius 2 is 1.96 bits per heavy atom. The third kappa shape index (κ3) is 4.31. The standard InChI is InChI=1S/C16H22FN3O5S/c1-10-6-11(15(21)22)9-20(8-10)16(23)18-12-4-5-13(17)14(7-12)26(24,25)19(2)3/h4-5,7,10-11H,6,8-9H2,1-3H3,(H,18,23)(H,21,22). The van der Waals surface area contributed by atoms with E-state index in [0.29, 0.717) is 13.0 Å². The van der Waals surface area contributed by atoms with E-state index in [4.69, 9.17) is 0 Å². The van der Waals surface area contributed by atoms with Gasteiger partial charge in [0.1, 0.15) is 10.7 Å². The van der Waals surface area contributed by atoms with Gasteiger partial charge < -0.3 is 15.3 Å². The number of piperidine rings is 1. The van der Waals surface area contributed by atoms with E-state index in [2.05, 4.69) is 5.32 Å². The van der Waals surface area contributed by atoms with Crippen LogP contribution in [0.15, 0.2) is 23.1 Å². The smallest absolute Gasteiger partial charge is 0.321 e. The number of rotatable bonds is 4. The van der Waals surface area contributed by atoms with E-state index < -0.39 is 38.7 Å². The van der Waals surface area contributed by atoms with Crippen LogP contribution < -0.4 is 5.32 Å². The molecule has 1 aromatic rings. The Morgan fingerprint density at radius 1 is 1.31 bits per heavy atom. The van der Waals surface area contributed by atoms with Crippen LogP contribution in [0.25, 0.3) is 0 Å². The zero-order valence-corrected chi connectivity index (χ0v) is 15.6. The minimum absolute atomic E-state index is 0.0218. The predicted octanol–water partition coefficient (Wildman–Crippen LogP) is 1.65. The molecule has 1 aromatic carbocycles. The van der Waals surface area contributed by atoms with Gasteiger partial charge >= 0.3 is 12.0 Å². The summed E-state index contributed by atoms with van der Waals surface area (Å²) >= 11 is 0. The van der Waals surface area contributed by atoms with Crippen molar-refractivity contribution in [3.63, 3.8) is 0 Å². The molecule has 10 heteroatoms. The van der Waals surface area contributed by atoms with Crippen LogP contribution in [0.2, 0.25) is 0 Å². The van der Waals surface area contributed by atoms with Crippen LogP contribution in [0.4, 0.5) is 14.9 Å². The molecule has 8 nitrogen and oxygen atoms in total. The van der Waals surface area contributed by atoms with E-state index in [1.54, 1.807) is 0 Å². The Bertz CT molecular complexity index is 812. The molecule has 1 heterocycles. The Kier molecular flexibility index (Phi) is 5.87. The van der Waals surface area contributed by atoms with Crippen molar-refractivity contribution in [2.45, 2.75) is 18.2 Å². The number of carbonyl (C=O) groups excluding carboxylic acids is 1. The lowest BCUT2D eigenvalue weighted by atomic mass is 9.91. The van der Waals surface area contributed by atoms with Gasteiger partial charge in [-0.25, -0.2) is 21.9 Å². The Labute approximate surface area is 151 Å². The van der Waals surface area contributed by atoms with Crippen molar-refractivity contribution in [2.75, 3.05) is 32.5 Å². The molecule has 0 spiro atoms. The molecule has 2 unspecified atom stereocenters. The summed E-state index contributed by atoms with van der Waals surface area (Å²) in [6, 6.07) is 2.71. The quantitative estimate of drug-likeness (QED) is 0.817. The van der Waals surface area contributed by atoms with Crippen molar-refractivity contribution in [2.24, 2.45) is 11.8 Å². The SMILES string of the molecule is CC1CC(C(=O)O)CN(C(=O)Nc2ccc(F)c(S(=O)(=O)N(C)C)c2)C1. The maximum Gasteiger partial charge on any atom is 0.321 e. The number of amides is 2. The number of carboxylic acids is 1. The van der Waals surface area contributed by atoms with E-state index in [9.17, 15) is 27.5 Å². The number of halogens is 1. The third-order valence-electron chi connectivity index (χ3n) is 4.24. The summed E-state index contributed by atoms with van der Waals surface area (Å²) in [5, 5.41) is 11.7. The van der Waals surface area contributed by atoms with Crippen molar-refractivity contribution in [1.29, 1.82) is 0 Å². The fraction of sp³-hybridized carbons (Fsp3) is 0.500. The minimum atomic E-state index is -4.00. The lowest BCUT2D eigenvalue weighted by Crippen LogP contribution is -2.47. The number of sulfonamides is 1. The highest BCUT2D eigenvalue weighted by molar-refractivity contribution is 7.89. The van der Waals surface area contributed by atoms with E-state index in [-0.39, 0.29) is 18.2 Å². The fourth-order valence-corrected chi connectivity index (χ4v) is 3.86. The number of aliphatic carboxylic acids is 1. The zero-order valence-electron chi connectivity index (χ0n) is 14.8. The molecule has 0 aliphatic carbocycles.